The van der Waals surface area contributed by atoms with Crippen molar-refractivity contribution in [2.75, 3.05) is 131 Å². The molecule has 100 heavy (non-hydrogen) atoms. The molecule has 5 rings (SSSR count). The highest BCUT2D eigenvalue weighted by Crippen LogP contribution is 2.38. The number of aromatic amines is 2. The van der Waals surface area contributed by atoms with Crippen molar-refractivity contribution in [1.29, 1.82) is 0 Å². The molecule has 2 aliphatic heterocycles. The predicted molar refractivity (Wildman–Crippen MR) is 458 cm³/mol. The molecule has 16 nitrogen and oxygen atoms in total. The first kappa shape index (κ1) is 109. The van der Waals surface area contributed by atoms with Crippen molar-refractivity contribution >= 4 is 180 Å². The van der Waals surface area contributed by atoms with Crippen LogP contribution in [0.25, 0.3) is 44.4 Å². The van der Waals surface area contributed by atoms with Crippen LogP contribution in [0.15, 0.2) is 24.3 Å². The third-order valence-electron chi connectivity index (χ3n) is 18.5. The zero-order chi connectivity index (χ0) is 64.6. The van der Waals surface area contributed by atoms with E-state index in [0.29, 0.717) is 38.8 Å². The van der Waals surface area contributed by atoms with Gasteiger partial charge in [0.15, 0.2) is 0 Å². The number of hydrogen-bond donors (Lipinski definition) is 10. The molecule has 586 valence electrons. The summed E-state index contributed by atoms with van der Waals surface area (Å²) in [5.41, 5.74) is 17.2. The third-order valence-corrected chi connectivity index (χ3v) is 18.5. The highest BCUT2D eigenvalue weighted by Gasteiger charge is 2.25. The summed E-state index contributed by atoms with van der Waals surface area (Å²) in [5, 5.41) is 28.5. The minimum absolute atomic E-state index is 0. The van der Waals surface area contributed by atoms with Gasteiger partial charge in [0, 0.05) is 61.1 Å². The fourth-order valence-electron chi connectivity index (χ4n) is 12.7. The van der Waals surface area contributed by atoms with Crippen LogP contribution in [-0.2, 0) is 22.4 Å². The minimum atomic E-state index is 0. The standard InChI is InChI=1S/C74H128N14O2.10ClH/c1-11-61-57(7)65-53-66-59(9)63(33-35-73(89)87(15-5)51-31-29-49-81-47-27-25-45-79-43-23-21-41-77-39-19-17-37-75-13-3)71(85-66)56-72-64(60(10)68(86-72)55-70-62(12-2)58(8)67(84-70)54-69(61)83-65)34-36-74(90)88(16-6)52-32-30-50-82-48-28-26-46-80-44-24-22-42-78-40-20-18-38-76-14-4;;;;;;;;;;/h53-56,75-84H,11-52H2,1-10H3;10*1H. The van der Waals surface area contributed by atoms with Gasteiger partial charge in [-0.05, 0) is 343 Å². The highest BCUT2D eigenvalue weighted by molar-refractivity contribution is 5.97. The Bertz CT molecular complexity index is 2810. The number of carbonyl (C=O) groups is 2. The first-order valence-corrected chi connectivity index (χ1v) is 36.3. The predicted octanol–water partition coefficient (Wildman–Crippen LogP) is 16.4. The van der Waals surface area contributed by atoms with E-state index in [0.717, 1.165) is 223 Å². The van der Waals surface area contributed by atoms with Gasteiger partial charge in [-0.25, -0.2) is 9.97 Å². The Hall–Kier alpha value is -1.88. The molecule has 0 aliphatic carbocycles. The molecule has 0 spiro atoms. The topological polar surface area (TPSA) is 194 Å². The van der Waals surface area contributed by atoms with Gasteiger partial charge in [0.1, 0.15) is 0 Å². The van der Waals surface area contributed by atoms with Gasteiger partial charge in [0.25, 0.3) is 0 Å². The monoisotopic (exact) mass is 1600 g/mol. The molecule has 0 saturated heterocycles. The summed E-state index contributed by atoms with van der Waals surface area (Å²) < 4.78 is 0. The number of rotatable bonds is 52. The minimum Gasteiger partial charge on any atom is -0.355 e. The van der Waals surface area contributed by atoms with E-state index < -0.39 is 0 Å². The second-order valence-corrected chi connectivity index (χ2v) is 25.2. The van der Waals surface area contributed by atoms with Gasteiger partial charge in [0.2, 0.25) is 11.8 Å². The molecule has 0 unspecified atom stereocenters. The Morgan fingerprint density at radius 3 is 0.880 bits per heavy atom. The third kappa shape index (κ3) is 39.6. The Labute approximate surface area is 667 Å². The van der Waals surface area contributed by atoms with Crippen molar-refractivity contribution in [3.63, 3.8) is 0 Å². The number of aryl methyl sites for hydroxylation is 4. The summed E-state index contributed by atoms with van der Waals surface area (Å²) in [5.74, 6) is 0.363. The van der Waals surface area contributed by atoms with E-state index in [2.05, 4.69) is 146 Å². The van der Waals surface area contributed by atoms with E-state index in [9.17, 15) is 9.59 Å². The van der Waals surface area contributed by atoms with Gasteiger partial charge in [-0.1, -0.05) is 27.7 Å². The van der Waals surface area contributed by atoms with E-state index in [4.69, 9.17) is 9.97 Å². The van der Waals surface area contributed by atoms with Gasteiger partial charge in [-0.2, -0.15) is 0 Å². The first-order valence-electron chi connectivity index (χ1n) is 36.3. The van der Waals surface area contributed by atoms with E-state index in [1.807, 2.05) is 9.80 Å². The largest absolute Gasteiger partial charge is 0.355 e. The van der Waals surface area contributed by atoms with Crippen LogP contribution in [0.4, 0.5) is 0 Å². The summed E-state index contributed by atoms with van der Waals surface area (Å²) >= 11 is 0. The lowest BCUT2D eigenvalue weighted by molar-refractivity contribution is -0.131. The Kier molecular flexibility index (Phi) is 72.6. The van der Waals surface area contributed by atoms with Crippen molar-refractivity contribution in [1.82, 2.24) is 72.3 Å². The number of nitrogens with one attached hydrogen (secondary N) is 10. The second-order valence-electron chi connectivity index (χ2n) is 25.2. The number of nitrogens with zero attached hydrogens (tertiary/aromatic N) is 4. The maximum atomic E-state index is 14.2. The average Bonchev–Trinajstić information content (AvgIpc) is 1.63. The Morgan fingerprint density at radius 1 is 0.340 bits per heavy atom. The fourth-order valence-corrected chi connectivity index (χ4v) is 12.7. The van der Waals surface area contributed by atoms with Crippen molar-refractivity contribution in [2.24, 2.45) is 0 Å². The number of amides is 2. The zero-order valence-electron chi connectivity index (χ0n) is 62.7. The van der Waals surface area contributed by atoms with Crippen LogP contribution in [-0.4, -0.2) is 172 Å². The van der Waals surface area contributed by atoms with Crippen LogP contribution in [0, 0.1) is 13.8 Å². The molecular formula is C74H138Cl10N14O2. The smallest absolute Gasteiger partial charge is 0.222 e. The molecule has 2 aliphatic rings. The molecule has 5 heterocycles. The van der Waals surface area contributed by atoms with E-state index in [1.54, 1.807) is 0 Å². The highest BCUT2D eigenvalue weighted by atomic mass is 35.5. The Morgan fingerprint density at radius 2 is 0.600 bits per heavy atom. The van der Waals surface area contributed by atoms with Crippen molar-refractivity contribution in [3.05, 3.63) is 69.3 Å². The molecule has 10 N–H and O–H groups in total. The van der Waals surface area contributed by atoms with E-state index >= 15 is 0 Å². The zero-order valence-corrected chi connectivity index (χ0v) is 70.9. The van der Waals surface area contributed by atoms with Gasteiger partial charge in [-0.3, -0.25) is 9.59 Å². The maximum absolute atomic E-state index is 14.2. The van der Waals surface area contributed by atoms with Crippen LogP contribution in [0.2, 0.25) is 0 Å². The van der Waals surface area contributed by atoms with Crippen LogP contribution in [0.5, 0.6) is 0 Å². The van der Waals surface area contributed by atoms with Crippen LogP contribution in [0.3, 0.4) is 0 Å². The van der Waals surface area contributed by atoms with E-state index in [-0.39, 0.29) is 136 Å². The quantitative estimate of drug-likeness (QED) is 0.0241. The molecule has 26 heteroatoms. The molecule has 2 amide bonds. The van der Waals surface area contributed by atoms with Gasteiger partial charge >= 0.3 is 0 Å². The molecule has 8 bridgehead atoms. The SMILES string of the molecule is CCNCCCCNCCCCNCCCCNCCCCN(CC)C(=O)CCC1=C(C)c2cc3[nH]c(cc4[nH]c(cc5nc(cc1n2)C(CCC(=O)N(CC)CCCCNCCCCNCCCCNCCCCNCC)=C5C)c(CC)c4C)c(CC)c3C.Cl.Cl.Cl.Cl.Cl.Cl.Cl.Cl.Cl.Cl. The van der Waals surface area contributed by atoms with Crippen LogP contribution >= 0.6 is 124 Å². The van der Waals surface area contributed by atoms with Crippen molar-refractivity contribution < 1.29 is 9.59 Å². The van der Waals surface area contributed by atoms with E-state index in [1.165, 1.54) is 99.3 Å². The van der Waals surface area contributed by atoms with Crippen LogP contribution in [0.1, 0.15) is 229 Å². The number of allylic oxidation sites excluding steroid dienone is 4. The fraction of sp³-hybridized carbons (Fsp3) is 0.703. The van der Waals surface area contributed by atoms with Crippen LogP contribution < -0.4 is 42.5 Å². The van der Waals surface area contributed by atoms with Crippen molar-refractivity contribution in [2.45, 2.75) is 210 Å². The number of unbranched alkanes of at least 4 members (excludes halogenated alkanes) is 8. The lowest BCUT2D eigenvalue weighted by Crippen LogP contribution is -2.32. The van der Waals surface area contributed by atoms with Gasteiger partial charge in [-0.15, -0.1) is 124 Å². The number of hydrogen-bond acceptors (Lipinski definition) is 12. The molecule has 0 saturated carbocycles. The number of carbonyl (C=O) groups excluding carboxylic acids is 2. The average molecular weight is 1610 g/mol. The molecule has 0 fully saturated rings. The number of halogens is 10. The number of fused-ring (bicyclic) bond motifs is 8. The maximum Gasteiger partial charge on any atom is 0.222 e. The summed E-state index contributed by atoms with van der Waals surface area (Å²) in [6.07, 6.45) is 22.4. The molecule has 0 atom stereocenters. The van der Waals surface area contributed by atoms with Gasteiger partial charge in [0.05, 0.1) is 22.8 Å². The number of aromatic nitrogens is 4. The molecule has 3 aromatic rings. The lowest BCUT2D eigenvalue weighted by Gasteiger charge is -2.21. The summed E-state index contributed by atoms with van der Waals surface area (Å²) in [4.78, 5) is 50.9. The normalized spacial score (nSPS) is 11.3. The summed E-state index contributed by atoms with van der Waals surface area (Å²) in [7, 11) is 0. The van der Waals surface area contributed by atoms with Gasteiger partial charge < -0.3 is 62.3 Å². The molecule has 0 radical (unpaired) electrons. The first-order chi connectivity index (χ1) is 44.0. The second kappa shape index (κ2) is 66.5. The lowest BCUT2D eigenvalue weighted by atomic mass is 9.97. The molecule has 0 aromatic carbocycles. The molecule has 3 aromatic heterocycles. The van der Waals surface area contributed by atoms with Crippen molar-refractivity contribution in [3.8, 4) is 0 Å². The molecular weight excluding hydrogens is 1470 g/mol. The summed E-state index contributed by atoms with van der Waals surface area (Å²) in [6.45, 7) is 41.9. The Balaban J connectivity index is -0.00000221. The summed E-state index contributed by atoms with van der Waals surface area (Å²) in [6, 6.07) is 8.85. The number of H-pyrrole nitrogens is 2.